The number of fused-ring (bicyclic) bond motifs is 1. The Labute approximate surface area is 150 Å². The summed E-state index contributed by atoms with van der Waals surface area (Å²) in [5.74, 6) is 2.65. The summed E-state index contributed by atoms with van der Waals surface area (Å²) in [6, 6.07) is 5.08. The van der Waals surface area contributed by atoms with E-state index in [1.807, 2.05) is 0 Å². The minimum absolute atomic E-state index is 0.112. The Hall–Kier alpha value is -1.59. The van der Waals surface area contributed by atoms with Crippen molar-refractivity contribution in [3.05, 3.63) is 45.5 Å². The van der Waals surface area contributed by atoms with Gasteiger partial charge in [0.15, 0.2) is 0 Å². The van der Waals surface area contributed by atoms with Crippen LogP contribution in [0.1, 0.15) is 53.6 Å². The van der Waals surface area contributed by atoms with Crippen molar-refractivity contribution in [2.24, 2.45) is 0 Å². The molecule has 4 rings (SSSR count). The summed E-state index contributed by atoms with van der Waals surface area (Å²) < 4.78 is 2.25. The fourth-order valence-corrected chi connectivity index (χ4v) is 3.50. The van der Waals surface area contributed by atoms with Gasteiger partial charge in [0.2, 0.25) is 0 Å². The van der Waals surface area contributed by atoms with Gasteiger partial charge in [0.25, 0.3) is 5.91 Å². The smallest absolute Gasteiger partial charge is 0.251 e. The highest BCUT2D eigenvalue weighted by Gasteiger charge is 2.31. The second kappa shape index (κ2) is 6.37. The molecule has 1 fully saturated rings. The minimum Gasteiger partial charge on any atom is -0.349 e. The average molecular weight is 365 g/mol. The molecule has 1 unspecified atom stereocenters. The Balaban J connectivity index is 1.43. The zero-order chi connectivity index (χ0) is 16.7. The highest BCUT2D eigenvalue weighted by Crippen LogP contribution is 2.39. The molecule has 1 aromatic carbocycles. The van der Waals surface area contributed by atoms with Crippen molar-refractivity contribution in [1.82, 2.24) is 20.1 Å². The Bertz CT molecular complexity index is 785. The number of carbonyl (C=O) groups excluding carboxylic acids is 1. The molecule has 2 aliphatic rings. The second-order valence-corrected chi connectivity index (χ2v) is 7.34. The molecule has 7 heteroatoms. The van der Waals surface area contributed by atoms with Crippen LogP contribution < -0.4 is 5.32 Å². The second-order valence-electron chi connectivity index (χ2n) is 6.53. The molecule has 0 spiro atoms. The Morgan fingerprint density at radius 1 is 1.12 bits per heavy atom. The van der Waals surface area contributed by atoms with E-state index in [4.69, 9.17) is 23.2 Å². The topological polar surface area (TPSA) is 59.8 Å². The van der Waals surface area contributed by atoms with Crippen molar-refractivity contribution in [2.75, 3.05) is 0 Å². The molecule has 1 aromatic heterocycles. The van der Waals surface area contributed by atoms with Crippen LogP contribution in [-0.4, -0.2) is 26.7 Å². The summed E-state index contributed by atoms with van der Waals surface area (Å²) in [5, 5.41) is 12.6. The number of benzene rings is 1. The highest BCUT2D eigenvalue weighted by molar-refractivity contribution is 6.42. The number of amides is 1. The van der Waals surface area contributed by atoms with Gasteiger partial charge in [-0.25, -0.2) is 0 Å². The Kier molecular flexibility index (Phi) is 4.22. The van der Waals surface area contributed by atoms with Gasteiger partial charge in [-0.3, -0.25) is 4.79 Å². The fraction of sp³-hybridized carbons (Fsp3) is 0.471. The number of nitrogens with zero attached hydrogens (tertiary/aromatic N) is 3. The predicted molar refractivity (Wildman–Crippen MR) is 92.7 cm³/mol. The van der Waals surface area contributed by atoms with E-state index in [1.54, 1.807) is 18.2 Å². The van der Waals surface area contributed by atoms with Crippen LogP contribution in [0.5, 0.6) is 0 Å². The SMILES string of the molecule is O=C(NC1CCc2nnc(C3CC3)n2CC1)c1ccc(Cl)c(Cl)c1. The molecule has 126 valence electrons. The van der Waals surface area contributed by atoms with E-state index in [0.717, 1.165) is 37.5 Å². The lowest BCUT2D eigenvalue weighted by Crippen LogP contribution is -2.35. The van der Waals surface area contributed by atoms with Gasteiger partial charge in [-0.05, 0) is 43.9 Å². The molecular weight excluding hydrogens is 347 g/mol. The first kappa shape index (κ1) is 15.9. The summed E-state index contributed by atoms with van der Waals surface area (Å²) in [5.41, 5.74) is 0.534. The number of carbonyl (C=O) groups is 1. The number of hydrogen-bond donors (Lipinski definition) is 1. The molecule has 0 bridgehead atoms. The van der Waals surface area contributed by atoms with Crippen LogP contribution in [0.3, 0.4) is 0 Å². The maximum atomic E-state index is 12.4. The van der Waals surface area contributed by atoms with Gasteiger partial charge in [-0.1, -0.05) is 23.2 Å². The van der Waals surface area contributed by atoms with E-state index in [0.29, 0.717) is 21.5 Å². The molecule has 1 aliphatic carbocycles. The van der Waals surface area contributed by atoms with Crippen molar-refractivity contribution < 1.29 is 4.79 Å². The number of halogens is 2. The maximum Gasteiger partial charge on any atom is 0.251 e. The Morgan fingerprint density at radius 2 is 1.96 bits per heavy atom. The van der Waals surface area contributed by atoms with Gasteiger partial charge < -0.3 is 9.88 Å². The van der Waals surface area contributed by atoms with E-state index in [2.05, 4.69) is 20.1 Å². The largest absolute Gasteiger partial charge is 0.349 e. The van der Waals surface area contributed by atoms with Crippen molar-refractivity contribution in [3.8, 4) is 0 Å². The lowest BCUT2D eigenvalue weighted by molar-refractivity contribution is 0.0933. The molecule has 5 nitrogen and oxygen atoms in total. The van der Waals surface area contributed by atoms with Crippen molar-refractivity contribution in [3.63, 3.8) is 0 Å². The van der Waals surface area contributed by atoms with Gasteiger partial charge in [0, 0.05) is 30.5 Å². The van der Waals surface area contributed by atoms with E-state index in [1.165, 1.54) is 12.8 Å². The molecule has 24 heavy (non-hydrogen) atoms. The molecule has 0 radical (unpaired) electrons. The van der Waals surface area contributed by atoms with Gasteiger partial charge in [-0.2, -0.15) is 0 Å². The third kappa shape index (κ3) is 3.15. The molecule has 2 heterocycles. The van der Waals surface area contributed by atoms with Crippen molar-refractivity contribution in [1.29, 1.82) is 0 Å². The number of nitrogens with one attached hydrogen (secondary N) is 1. The van der Waals surface area contributed by atoms with E-state index in [-0.39, 0.29) is 11.9 Å². The molecule has 1 saturated carbocycles. The fourth-order valence-electron chi connectivity index (χ4n) is 3.20. The first-order chi connectivity index (χ1) is 11.6. The highest BCUT2D eigenvalue weighted by atomic mass is 35.5. The monoisotopic (exact) mass is 364 g/mol. The zero-order valence-electron chi connectivity index (χ0n) is 13.1. The molecular formula is C17H18Cl2N4O. The maximum absolute atomic E-state index is 12.4. The third-order valence-electron chi connectivity index (χ3n) is 4.73. The van der Waals surface area contributed by atoms with Crippen molar-refractivity contribution >= 4 is 29.1 Å². The molecule has 0 saturated heterocycles. The molecule has 1 amide bonds. The zero-order valence-corrected chi connectivity index (χ0v) is 14.6. The summed E-state index contributed by atoms with van der Waals surface area (Å²) in [6.45, 7) is 0.862. The van der Waals surface area contributed by atoms with Gasteiger partial charge in [0.05, 0.1) is 10.0 Å². The first-order valence-corrected chi connectivity index (χ1v) is 9.05. The number of aromatic nitrogens is 3. The third-order valence-corrected chi connectivity index (χ3v) is 5.47. The predicted octanol–water partition coefficient (Wildman–Crippen LogP) is 3.60. The molecule has 2 aromatic rings. The van der Waals surface area contributed by atoms with E-state index >= 15 is 0 Å². The lowest BCUT2D eigenvalue weighted by Gasteiger charge is -2.16. The van der Waals surface area contributed by atoms with E-state index < -0.39 is 0 Å². The summed E-state index contributed by atoms with van der Waals surface area (Å²) in [4.78, 5) is 12.4. The first-order valence-electron chi connectivity index (χ1n) is 8.29. The normalized spacial score (nSPS) is 20.3. The quantitative estimate of drug-likeness (QED) is 0.904. The van der Waals surface area contributed by atoms with Gasteiger partial charge in [0.1, 0.15) is 11.6 Å². The minimum atomic E-state index is -0.112. The van der Waals surface area contributed by atoms with Crippen molar-refractivity contribution in [2.45, 2.75) is 50.6 Å². The molecule has 1 atom stereocenters. The van der Waals surface area contributed by atoms with Gasteiger partial charge >= 0.3 is 0 Å². The molecule has 1 N–H and O–H groups in total. The van der Waals surface area contributed by atoms with Gasteiger partial charge in [-0.15, -0.1) is 10.2 Å². The molecule has 1 aliphatic heterocycles. The number of rotatable bonds is 3. The summed E-state index contributed by atoms with van der Waals surface area (Å²) in [7, 11) is 0. The van der Waals surface area contributed by atoms with Crippen LogP contribution in [0, 0.1) is 0 Å². The van der Waals surface area contributed by atoms with Crippen LogP contribution in [-0.2, 0) is 13.0 Å². The number of aryl methyl sites for hydroxylation is 1. The Morgan fingerprint density at radius 3 is 2.71 bits per heavy atom. The summed E-state index contributed by atoms with van der Waals surface area (Å²) >= 11 is 11.9. The number of hydrogen-bond acceptors (Lipinski definition) is 3. The van der Waals surface area contributed by atoms with Crippen LogP contribution in [0.25, 0.3) is 0 Å². The van der Waals surface area contributed by atoms with Crippen LogP contribution in [0.15, 0.2) is 18.2 Å². The lowest BCUT2D eigenvalue weighted by atomic mass is 10.1. The standard InChI is InChI=1S/C17H18Cl2N4O/c18-13-5-3-11(9-14(13)19)17(24)20-12-4-6-15-21-22-16(10-1-2-10)23(15)8-7-12/h3,5,9-10,12H,1-2,4,6-8H2,(H,20,24). The summed E-state index contributed by atoms with van der Waals surface area (Å²) in [6.07, 6.45) is 5.03. The van der Waals surface area contributed by atoms with E-state index in [9.17, 15) is 4.79 Å². The average Bonchev–Trinajstić information content (AvgIpc) is 3.36. The van der Waals surface area contributed by atoms with Crippen LogP contribution >= 0.6 is 23.2 Å². The van der Waals surface area contributed by atoms with Crippen LogP contribution in [0.4, 0.5) is 0 Å². The van der Waals surface area contributed by atoms with Crippen LogP contribution in [0.2, 0.25) is 10.0 Å².